The standard InChI is InChI=1S/C24H25N3O5/c1-15-14-27(2)23(31)21(22(15)30)26-24(32)25-19(13-20(28)29)18-10-6-9-17(12-18)11-16-7-4-3-5-8-16/h3-10,12,14,19,21H,11,13H2,1-2H3,(H,28,29)(H2,25,26,32)/t19-,21?/m0/s1. The number of carbonyl (C=O) groups excluding carboxylic acids is 3. The van der Waals surface area contributed by atoms with E-state index in [0.717, 1.165) is 11.1 Å². The van der Waals surface area contributed by atoms with Crippen LogP contribution in [0.3, 0.4) is 0 Å². The Morgan fingerprint density at radius 3 is 2.44 bits per heavy atom. The minimum Gasteiger partial charge on any atom is -0.481 e. The summed E-state index contributed by atoms with van der Waals surface area (Å²) in [7, 11) is 1.50. The van der Waals surface area contributed by atoms with Crippen LogP contribution in [0.25, 0.3) is 0 Å². The van der Waals surface area contributed by atoms with Gasteiger partial charge in [0, 0.05) is 18.8 Å². The molecule has 0 bridgehead atoms. The van der Waals surface area contributed by atoms with Gasteiger partial charge in [0.1, 0.15) is 0 Å². The number of nitrogens with one attached hydrogen (secondary N) is 2. The van der Waals surface area contributed by atoms with Crippen LogP contribution in [-0.2, 0) is 20.8 Å². The third-order valence-corrected chi connectivity index (χ3v) is 5.20. The van der Waals surface area contributed by atoms with Crippen molar-refractivity contribution in [2.75, 3.05) is 7.05 Å². The molecule has 0 spiro atoms. The van der Waals surface area contributed by atoms with Crippen LogP contribution in [0.2, 0.25) is 0 Å². The number of ketones is 1. The average molecular weight is 435 g/mol. The van der Waals surface area contributed by atoms with Crippen LogP contribution in [-0.4, -0.2) is 46.8 Å². The summed E-state index contributed by atoms with van der Waals surface area (Å²) < 4.78 is 0. The van der Waals surface area contributed by atoms with Gasteiger partial charge in [-0.3, -0.25) is 14.4 Å². The van der Waals surface area contributed by atoms with Crippen molar-refractivity contribution in [2.24, 2.45) is 0 Å². The smallest absolute Gasteiger partial charge is 0.316 e. The van der Waals surface area contributed by atoms with Crippen LogP contribution in [0, 0.1) is 0 Å². The molecule has 3 amide bonds. The zero-order valence-corrected chi connectivity index (χ0v) is 17.9. The Kier molecular flexibility index (Phi) is 7.04. The van der Waals surface area contributed by atoms with Crippen LogP contribution in [0.1, 0.15) is 36.1 Å². The van der Waals surface area contributed by atoms with Gasteiger partial charge >= 0.3 is 12.0 Å². The first-order valence-corrected chi connectivity index (χ1v) is 10.2. The van der Waals surface area contributed by atoms with Crippen molar-refractivity contribution < 1.29 is 24.3 Å². The highest BCUT2D eigenvalue weighted by Crippen LogP contribution is 2.20. The lowest BCUT2D eigenvalue weighted by molar-refractivity contribution is -0.138. The summed E-state index contributed by atoms with van der Waals surface area (Å²) in [6.07, 6.45) is 1.71. The summed E-state index contributed by atoms with van der Waals surface area (Å²) in [5.74, 6) is -2.15. The van der Waals surface area contributed by atoms with E-state index in [4.69, 9.17) is 0 Å². The molecule has 0 fully saturated rings. The van der Waals surface area contributed by atoms with Gasteiger partial charge in [-0.05, 0) is 30.0 Å². The van der Waals surface area contributed by atoms with Crippen molar-refractivity contribution in [3.8, 4) is 0 Å². The van der Waals surface area contributed by atoms with E-state index >= 15 is 0 Å². The molecule has 8 heteroatoms. The number of rotatable bonds is 7. The molecule has 1 unspecified atom stereocenters. The number of nitrogens with zero attached hydrogens (tertiary/aromatic N) is 1. The van der Waals surface area contributed by atoms with Gasteiger partial charge in [0.2, 0.25) is 0 Å². The molecule has 0 aliphatic carbocycles. The summed E-state index contributed by atoms with van der Waals surface area (Å²) in [4.78, 5) is 49.9. The molecular formula is C24H25N3O5. The second-order valence-corrected chi connectivity index (χ2v) is 7.73. The Bertz CT molecular complexity index is 1060. The highest BCUT2D eigenvalue weighted by molar-refractivity contribution is 6.16. The van der Waals surface area contributed by atoms with Crippen molar-refractivity contribution in [1.82, 2.24) is 15.5 Å². The van der Waals surface area contributed by atoms with E-state index in [1.807, 2.05) is 42.5 Å². The molecule has 0 saturated heterocycles. The summed E-state index contributed by atoms with van der Waals surface area (Å²) in [6.45, 7) is 1.56. The van der Waals surface area contributed by atoms with E-state index in [1.165, 1.54) is 18.1 Å². The van der Waals surface area contributed by atoms with Gasteiger partial charge < -0.3 is 20.6 Å². The normalized spacial score (nSPS) is 16.9. The highest BCUT2D eigenvalue weighted by Gasteiger charge is 2.35. The van der Waals surface area contributed by atoms with Crippen molar-refractivity contribution in [1.29, 1.82) is 0 Å². The molecule has 0 saturated carbocycles. The molecule has 1 heterocycles. The lowest BCUT2D eigenvalue weighted by Crippen LogP contribution is -2.56. The number of hydrogen-bond donors (Lipinski definition) is 3. The average Bonchev–Trinajstić information content (AvgIpc) is 2.75. The van der Waals surface area contributed by atoms with Gasteiger partial charge in [-0.25, -0.2) is 4.79 Å². The van der Waals surface area contributed by atoms with Crippen LogP contribution < -0.4 is 10.6 Å². The molecule has 3 rings (SSSR count). The first kappa shape index (κ1) is 22.7. The molecule has 2 atom stereocenters. The van der Waals surface area contributed by atoms with E-state index in [-0.39, 0.29) is 6.42 Å². The monoisotopic (exact) mass is 435 g/mol. The fraction of sp³-hybridized carbons (Fsp3) is 0.250. The maximum absolute atomic E-state index is 12.6. The number of Topliss-reactive ketones (excluding diaryl/α,β-unsaturated/α-hetero) is 1. The van der Waals surface area contributed by atoms with Crippen LogP contribution in [0.5, 0.6) is 0 Å². The van der Waals surface area contributed by atoms with E-state index < -0.39 is 35.8 Å². The number of benzene rings is 2. The maximum Gasteiger partial charge on any atom is 0.316 e. The fourth-order valence-corrected chi connectivity index (χ4v) is 3.60. The summed E-state index contributed by atoms with van der Waals surface area (Å²) >= 11 is 0. The lowest BCUT2D eigenvalue weighted by Gasteiger charge is -2.27. The number of urea groups is 1. The number of likely N-dealkylation sites (N-methyl/N-ethyl adjacent to an activating group) is 1. The van der Waals surface area contributed by atoms with Crippen LogP contribution >= 0.6 is 0 Å². The van der Waals surface area contributed by atoms with E-state index in [1.54, 1.807) is 19.1 Å². The van der Waals surface area contributed by atoms with Gasteiger partial charge in [0.25, 0.3) is 5.91 Å². The molecule has 2 aromatic carbocycles. The molecule has 3 N–H and O–H groups in total. The van der Waals surface area contributed by atoms with E-state index in [9.17, 15) is 24.3 Å². The van der Waals surface area contributed by atoms with E-state index in [2.05, 4.69) is 10.6 Å². The van der Waals surface area contributed by atoms with Gasteiger partial charge in [-0.15, -0.1) is 0 Å². The maximum atomic E-state index is 12.6. The summed E-state index contributed by atoms with van der Waals surface area (Å²) in [6, 6.07) is 14.2. The number of hydrogen-bond acceptors (Lipinski definition) is 4. The first-order valence-electron chi connectivity index (χ1n) is 10.2. The predicted molar refractivity (Wildman–Crippen MR) is 118 cm³/mol. The third kappa shape index (κ3) is 5.60. The zero-order valence-electron chi connectivity index (χ0n) is 17.9. The number of amides is 3. The second-order valence-electron chi connectivity index (χ2n) is 7.73. The SMILES string of the molecule is CC1=CN(C)C(=O)C(NC(=O)N[C@@H](CC(=O)O)c2cccc(Cc3ccccc3)c2)C1=O. The number of aliphatic carboxylic acids is 1. The predicted octanol–water partition coefficient (Wildman–Crippen LogP) is 2.41. The molecule has 1 aliphatic rings. The van der Waals surface area contributed by atoms with Crippen LogP contribution in [0.4, 0.5) is 4.79 Å². The second kappa shape index (κ2) is 9.91. The quantitative estimate of drug-likeness (QED) is 0.578. The summed E-state index contributed by atoms with van der Waals surface area (Å²) in [5.41, 5.74) is 3.02. The Morgan fingerprint density at radius 2 is 1.75 bits per heavy atom. The van der Waals surface area contributed by atoms with E-state index in [0.29, 0.717) is 17.6 Å². The molecule has 32 heavy (non-hydrogen) atoms. The van der Waals surface area contributed by atoms with Crippen molar-refractivity contribution in [2.45, 2.75) is 31.8 Å². The largest absolute Gasteiger partial charge is 0.481 e. The molecule has 1 aliphatic heterocycles. The molecule has 0 radical (unpaired) electrons. The zero-order chi connectivity index (χ0) is 23.3. The van der Waals surface area contributed by atoms with Gasteiger partial charge in [0.05, 0.1) is 12.5 Å². The first-order chi connectivity index (χ1) is 15.2. The molecule has 0 aromatic heterocycles. The third-order valence-electron chi connectivity index (χ3n) is 5.20. The van der Waals surface area contributed by atoms with Gasteiger partial charge in [-0.1, -0.05) is 54.6 Å². The Labute approximate surface area is 185 Å². The summed E-state index contributed by atoms with van der Waals surface area (Å²) in [5, 5.41) is 14.3. The lowest BCUT2D eigenvalue weighted by atomic mass is 9.98. The molecular weight excluding hydrogens is 410 g/mol. The highest BCUT2D eigenvalue weighted by atomic mass is 16.4. The minimum absolute atomic E-state index is 0.341. The van der Waals surface area contributed by atoms with Gasteiger partial charge in [-0.2, -0.15) is 0 Å². The fourth-order valence-electron chi connectivity index (χ4n) is 3.60. The Morgan fingerprint density at radius 1 is 1.06 bits per heavy atom. The van der Waals surface area contributed by atoms with Gasteiger partial charge in [0.15, 0.2) is 11.8 Å². The number of carboxylic acid groups (broad SMARTS) is 1. The Balaban J connectivity index is 1.75. The topological polar surface area (TPSA) is 116 Å². The number of carboxylic acids is 1. The molecule has 8 nitrogen and oxygen atoms in total. The van der Waals surface area contributed by atoms with Crippen molar-refractivity contribution in [3.05, 3.63) is 83.1 Å². The Hall–Kier alpha value is -3.94. The van der Waals surface area contributed by atoms with Crippen LogP contribution in [0.15, 0.2) is 66.4 Å². The van der Waals surface area contributed by atoms with Crippen molar-refractivity contribution >= 4 is 23.7 Å². The molecule has 2 aromatic rings. The minimum atomic E-state index is -1.35. The van der Waals surface area contributed by atoms with Crippen molar-refractivity contribution in [3.63, 3.8) is 0 Å². The molecule has 166 valence electrons. The number of carbonyl (C=O) groups is 4.